The van der Waals surface area contributed by atoms with Crippen LogP contribution >= 0.6 is 0 Å². The van der Waals surface area contributed by atoms with Gasteiger partial charge in [0.25, 0.3) is 5.91 Å². The molecule has 6 heteroatoms. The van der Waals surface area contributed by atoms with Crippen molar-refractivity contribution in [2.45, 2.75) is 13.8 Å². The van der Waals surface area contributed by atoms with Crippen molar-refractivity contribution in [1.29, 1.82) is 0 Å². The van der Waals surface area contributed by atoms with Crippen molar-refractivity contribution in [3.63, 3.8) is 0 Å². The molecule has 0 radical (unpaired) electrons. The van der Waals surface area contributed by atoms with E-state index in [0.29, 0.717) is 12.3 Å². The number of ether oxygens (including phenoxy) is 1. The second kappa shape index (κ2) is 6.80. The van der Waals surface area contributed by atoms with Crippen LogP contribution in [0.25, 0.3) is 0 Å². The Kier molecular flexibility index (Phi) is 4.83. The van der Waals surface area contributed by atoms with Gasteiger partial charge in [-0.25, -0.2) is 4.79 Å². The van der Waals surface area contributed by atoms with Gasteiger partial charge in [0.2, 0.25) is 0 Å². The number of hydrogen-bond acceptors (Lipinski definition) is 4. The predicted molar refractivity (Wildman–Crippen MR) is 79.4 cm³/mol. The van der Waals surface area contributed by atoms with E-state index in [1.165, 1.54) is 12.1 Å². The molecule has 6 nitrogen and oxygen atoms in total. The molecule has 0 aliphatic heterocycles. The molecule has 1 amide bonds. The van der Waals surface area contributed by atoms with Gasteiger partial charge in [-0.05, 0) is 49.7 Å². The zero-order valence-electron chi connectivity index (χ0n) is 12.4. The zero-order valence-corrected chi connectivity index (χ0v) is 12.4. The van der Waals surface area contributed by atoms with Gasteiger partial charge in [-0.2, -0.15) is 0 Å². The van der Waals surface area contributed by atoms with Crippen LogP contribution in [0.3, 0.4) is 0 Å². The number of aromatic carboxylic acids is 1. The first-order valence-electron chi connectivity index (χ1n) is 6.79. The molecule has 1 aromatic carbocycles. The van der Waals surface area contributed by atoms with E-state index in [1.807, 2.05) is 6.92 Å². The summed E-state index contributed by atoms with van der Waals surface area (Å²) in [7, 11) is 0. The first-order chi connectivity index (χ1) is 10.5. The number of carbonyl (C=O) groups excluding carboxylic acids is 1. The van der Waals surface area contributed by atoms with Crippen LogP contribution in [-0.2, 0) is 0 Å². The molecule has 2 N–H and O–H groups in total. The molecule has 0 saturated heterocycles. The Morgan fingerprint density at radius 2 is 1.91 bits per heavy atom. The first kappa shape index (κ1) is 15.6. The van der Waals surface area contributed by atoms with Gasteiger partial charge in [-0.15, -0.1) is 0 Å². The number of carbonyl (C=O) groups is 2. The normalized spacial score (nSPS) is 10.3. The minimum Gasteiger partial charge on any atom is -0.492 e. The minimum absolute atomic E-state index is 0.198. The third-order valence-corrected chi connectivity index (χ3v) is 3.15. The van der Waals surface area contributed by atoms with Crippen LogP contribution in [0.2, 0.25) is 0 Å². The van der Waals surface area contributed by atoms with Gasteiger partial charge in [0.05, 0.1) is 12.1 Å². The molecule has 116 valence electrons. The van der Waals surface area contributed by atoms with E-state index in [2.05, 4.69) is 5.32 Å². The van der Waals surface area contributed by atoms with Crippen molar-refractivity contribution >= 4 is 11.9 Å². The SMILES string of the molecule is Cc1cc(C(=O)NCCOc2ccc(C(=O)O)cc2)oc1C. The molecule has 0 unspecified atom stereocenters. The van der Waals surface area contributed by atoms with E-state index in [1.54, 1.807) is 25.1 Å². The third kappa shape index (κ3) is 3.88. The molecule has 2 aromatic rings. The monoisotopic (exact) mass is 303 g/mol. The lowest BCUT2D eigenvalue weighted by Crippen LogP contribution is -2.27. The fourth-order valence-corrected chi connectivity index (χ4v) is 1.80. The van der Waals surface area contributed by atoms with Crippen LogP contribution in [0, 0.1) is 13.8 Å². The Bertz CT molecular complexity index is 653. The molecule has 0 aliphatic carbocycles. The highest BCUT2D eigenvalue weighted by Crippen LogP contribution is 2.13. The van der Waals surface area contributed by atoms with Gasteiger partial charge in [-0.3, -0.25) is 4.79 Å². The second-order valence-corrected chi connectivity index (χ2v) is 4.78. The molecule has 22 heavy (non-hydrogen) atoms. The lowest BCUT2D eigenvalue weighted by atomic mass is 10.2. The second-order valence-electron chi connectivity index (χ2n) is 4.78. The number of aryl methyl sites for hydroxylation is 2. The summed E-state index contributed by atoms with van der Waals surface area (Å²) in [6, 6.07) is 7.76. The van der Waals surface area contributed by atoms with Crippen LogP contribution in [0.5, 0.6) is 5.75 Å². The summed E-state index contributed by atoms with van der Waals surface area (Å²) >= 11 is 0. The van der Waals surface area contributed by atoms with Crippen LogP contribution in [0.15, 0.2) is 34.7 Å². The molecule has 1 heterocycles. The zero-order chi connectivity index (χ0) is 16.1. The lowest BCUT2D eigenvalue weighted by molar-refractivity contribution is 0.0696. The predicted octanol–water partition coefficient (Wildman–Crippen LogP) is 2.40. The molecule has 0 fully saturated rings. The van der Waals surface area contributed by atoms with Gasteiger partial charge in [-0.1, -0.05) is 0 Å². The maximum atomic E-state index is 11.8. The average molecular weight is 303 g/mol. The Hall–Kier alpha value is -2.76. The summed E-state index contributed by atoms with van der Waals surface area (Å²) in [6.45, 7) is 4.27. The highest BCUT2D eigenvalue weighted by Gasteiger charge is 2.11. The summed E-state index contributed by atoms with van der Waals surface area (Å²) in [5.41, 5.74) is 1.13. The fourth-order valence-electron chi connectivity index (χ4n) is 1.80. The highest BCUT2D eigenvalue weighted by atomic mass is 16.5. The number of amides is 1. The number of carboxylic acid groups (broad SMARTS) is 1. The number of carboxylic acids is 1. The van der Waals surface area contributed by atoms with Gasteiger partial charge >= 0.3 is 5.97 Å². The molecule has 0 aliphatic rings. The number of furan rings is 1. The molecular weight excluding hydrogens is 286 g/mol. The number of rotatable bonds is 6. The fraction of sp³-hybridized carbons (Fsp3) is 0.250. The molecule has 2 rings (SSSR count). The highest BCUT2D eigenvalue weighted by molar-refractivity contribution is 5.91. The van der Waals surface area contributed by atoms with E-state index >= 15 is 0 Å². The van der Waals surface area contributed by atoms with E-state index in [9.17, 15) is 9.59 Å². The van der Waals surface area contributed by atoms with E-state index in [4.69, 9.17) is 14.3 Å². The summed E-state index contributed by atoms with van der Waals surface area (Å²) in [6.07, 6.45) is 0. The Morgan fingerprint density at radius 1 is 1.23 bits per heavy atom. The summed E-state index contributed by atoms with van der Waals surface area (Å²) in [4.78, 5) is 22.5. The Labute approximate surface area is 127 Å². The lowest BCUT2D eigenvalue weighted by Gasteiger charge is -2.07. The van der Waals surface area contributed by atoms with Crippen molar-refractivity contribution in [2.24, 2.45) is 0 Å². The Balaban J connectivity index is 1.77. The van der Waals surface area contributed by atoms with Crippen LogP contribution in [0.1, 0.15) is 32.2 Å². The topological polar surface area (TPSA) is 88.8 Å². The van der Waals surface area contributed by atoms with E-state index < -0.39 is 5.97 Å². The Morgan fingerprint density at radius 3 is 2.45 bits per heavy atom. The molecular formula is C16H17NO5. The van der Waals surface area contributed by atoms with Gasteiger partial charge in [0, 0.05) is 0 Å². The first-order valence-corrected chi connectivity index (χ1v) is 6.79. The minimum atomic E-state index is -0.983. The van der Waals surface area contributed by atoms with Crippen LogP contribution < -0.4 is 10.1 Å². The summed E-state index contributed by atoms with van der Waals surface area (Å²) in [5.74, 6) is 0.272. The number of hydrogen-bond donors (Lipinski definition) is 2. The molecule has 0 spiro atoms. The summed E-state index contributed by atoms with van der Waals surface area (Å²) in [5, 5.41) is 11.5. The van der Waals surface area contributed by atoms with Crippen LogP contribution in [-0.4, -0.2) is 30.1 Å². The van der Waals surface area contributed by atoms with E-state index in [-0.39, 0.29) is 23.8 Å². The van der Waals surface area contributed by atoms with Crippen LogP contribution in [0.4, 0.5) is 0 Å². The third-order valence-electron chi connectivity index (χ3n) is 3.15. The van der Waals surface area contributed by atoms with Crippen molar-refractivity contribution in [3.8, 4) is 5.75 Å². The standard InChI is InChI=1S/C16H17NO5/c1-10-9-14(22-11(10)2)15(18)17-7-8-21-13-5-3-12(4-6-13)16(19)20/h3-6,9H,7-8H2,1-2H3,(H,17,18)(H,19,20). The quantitative estimate of drug-likeness (QED) is 0.800. The van der Waals surface area contributed by atoms with Crippen molar-refractivity contribution in [2.75, 3.05) is 13.2 Å². The number of nitrogens with one attached hydrogen (secondary N) is 1. The number of benzene rings is 1. The van der Waals surface area contributed by atoms with Gasteiger partial charge in [0.1, 0.15) is 18.1 Å². The van der Waals surface area contributed by atoms with E-state index in [0.717, 1.165) is 11.3 Å². The molecule has 0 bridgehead atoms. The van der Waals surface area contributed by atoms with Gasteiger partial charge < -0.3 is 19.6 Å². The largest absolute Gasteiger partial charge is 0.492 e. The van der Waals surface area contributed by atoms with Gasteiger partial charge in [0.15, 0.2) is 5.76 Å². The van der Waals surface area contributed by atoms with Crippen molar-refractivity contribution < 1.29 is 23.8 Å². The molecule has 0 saturated carbocycles. The van der Waals surface area contributed by atoms with Crippen molar-refractivity contribution in [3.05, 3.63) is 53.0 Å². The maximum absolute atomic E-state index is 11.8. The maximum Gasteiger partial charge on any atom is 0.335 e. The smallest absolute Gasteiger partial charge is 0.335 e. The van der Waals surface area contributed by atoms with Crippen molar-refractivity contribution in [1.82, 2.24) is 5.32 Å². The molecule has 0 atom stereocenters. The molecule has 1 aromatic heterocycles. The summed E-state index contributed by atoms with van der Waals surface area (Å²) < 4.78 is 10.7. The average Bonchev–Trinajstić information content (AvgIpc) is 2.83.